The van der Waals surface area contributed by atoms with E-state index in [1.807, 2.05) is 36.4 Å². The number of aryl methyl sites for hydroxylation is 4. The zero-order valence-electron chi connectivity index (χ0n) is 45.6. The van der Waals surface area contributed by atoms with Gasteiger partial charge >= 0.3 is 0 Å². The van der Waals surface area contributed by atoms with Gasteiger partial charge in [-0.25, -0.2) is 0 Å². The molecule has 6 nitrogen and oxygen atoms in total. The van der Waals surface area contributed by atoms with Gasteiger partial charge < -0.3 is 27.5 Å². The SMILES string of the molecule is Cc1cc(-c2ccc(N(c3ccc4oc5ccccc5c4c3)c3c(C)cccc3-c3cccc4c3oc3ccccc34)c(C)c2)ccc1N(c1ccc2oc3ccccc3c2c1)c1c(C)cccc1-c1cccc2c1oc1ccccc12. The fourth-order valence-corrected chi connectivity index (χ4v) is 12.9. The Morgan fingerprint density at radius 2 is 0.585 bits per heavy atom. The Morgan fingerprint density at radius 1 is 0.244 bits per heavy atom. The first-order chi connectivity index (χ1) is 40.3. The summed E-state index contributed by atoms with van der Waals surface area (Å²) < 4.78 is 26.3. The Bertz CT molecular complexity index is 4930. The molecule has 0 aliphatic heterocycles. The molecular weight excluding hydrogens is 1000 g/mol. The third kappa shape index (κ3) is 7.41. The molecule has 4 heterocycles. The minimum atomic E-state index is 0.851. The predicted molar refractivity (Wildman–Crippen MR) is 340 cm³/mol. The number of para-hydroxylation sites is 8. The molecule has 0 spiro atoms. The fraction of sp³-hybridized carbons (Fsp3) is 0.0526. The molecule has 0 aliphatic carbocycles. The first-order valence-corrected chi connectivity index (χ1v) is 28.0. The highest BCUT2D eigenvalue weighted by Crippen LogP contribution is 2.51. The molecule has 82 heavy (non-hydrogen) atoms. The van der Waals surface area contributed by atoms with Crippen molar-refractivity contribution in [3.63, 3.8) is 0 Å². The van der Waals surface area contributed by atoms with Crippen LogP contribution in [0.2, 0.25) is 0 Å². The highest BCUT2D eigenvalue weighted by molar-refractivity contribution is 6.14. The lowest BCUT2D eigenvalue weighted by molar-refractivity contribution is 0.668. The van der Waals surface area contributed by atoms with Crippen LogP contribution in [-0.2, 0) is 0 Å². The maximum absolute atomic E-state index is 6.74. The maximum Gasteiger partial charge on any atom is 0.143 e. The molecule has 0 saturated carbocycles. The van der Waals surface area contributed by atoms with Crippen molar-refractivity contribution in [2.45, 2.75) is 27.7 Å². The van der Waals surface area contributed by atoms with Crippen molar-refractivity contribution in [3.05, 3.63) is 265 Å². The molecule has 0 N–H and O–H groups in total. The number of nitrogens with zero attached hydrogens (tertiary/aromatic N) is 2. The van der Waals surface area contributed by atoms with E-state index in [0.29, 0.717) is 0 Å². The highest BCUT2D eigenvalue weighted by atomic mass is 16.3. The summed E-state index contributed by atoms with van der Waals surface area (Å²) in [5.74, 6) is 0. The van der Waals surface area contributed by atoms with Gasteiger partial charge in [-0.05, 0) is 146 Å². The Labute approximate surface area is 472 Å². The third-order valence-electron chi connectivity index (χ3n) is 16.8. The van der Waals surface area contributed by atoms with Crippen LogP contribution in [0.15, 0.2) is 260 Å². The van der Waals surface area contributed by atoms with E-state index >= 15 is 0 Å². The molecule has 0 bridgehead atoms. The third-order valence-corrected chi connectivity index (χ3v) is 16.8. The summed E-state index contributed by atoms with van der Waals surface area (Å²) in [6.07, 6.45) is 0. The standard InChI is InChI=1S/C76H52N2O4/c1-45-17-13-23-57(61-27-15-25-59-53-19-5-11-31-69(53)81-75(59)61)73(45)77(51-35-39-71-63(43-51)55-21-7-9-29-67(55)79-71)65-37-33-49(41-47(65)3)50-34-38-66(48(4)42-50)78(52-36-40-72-64(44-52)56-22-8-10-30-68(56)80-72)74-46(2)18-14-24-58(74)62-28-16-26-60-54-20-6-12-32-70(54)82-76(60)62/h5-44H,1-4H3. The van der Waals surface area contributed by atoms with Gasteiger partial charge in [-0.15, -0.1) is 0 Å². The van der Waals surface area contributed by atoms with Gasteiger partial charge in [-0.3, -0.25) is 0 Å². The van der Waals surface area contributed by atoms with E-state index in [9.17, 15) is 0 Å². The number of rotatable bonds is 9. The Hall–Kier alpha value is -10.6. The number of fused-ring (bicyclic) bond motifs is 12. The van der Waals surface area contributed by atoms with Crippen LogP contribution in [0, 0.1) is 27.7 Å². The lowest BCUT2D eigenvalue weighted by Crippen LogP contribution is -2.14. The highest BCUT2D eigenvalue weighted by Gasteiger charge is 2.27. The van der Waals surface area contributed by atoms with Gasteiger partial charge in [0.2, 0.25) is 0 Å². The fourth-order valence-electron chi connectivity index (χ4n) is 12.9. The van der Waals surface area contributed by atoms with E-state index in [2.05, 4.69) is 244 Å². The van der Waals surface area contributed by atoms with Crippen LogP contribution in [0.25, 0.3) is 121 Å². The van der Waals surface area contributed by atoms with E-state index < -0.39 is 0 Å². The molecule has 12 aromatic carbocycles. The van der Waals surface area contributed by atoms with Gasteiger partial charge in [-0.1, -0.05) is 158 Å². The minimum absolute atomic E-state index is 0.851. The lowest BCUT2D eigenvalue weighted by atomic mass is 9.94. The van der Waals surface area contributed by atoms with E-state index in [-0.39, 0.29) is 0 Å². The second-order valence-electron chi connectivity index (χ2n) is 21.7. The summed E-state index contributed by atoms with van der Waals surface area (Å²) in [5, 5.41) is 8.68. The minimum Gasteiger partial charge on any atom is -0.456 e. The van der Waals surface area contributed by atoms with Crippen LogP contribution in [0.3, 0.4) is 0 Å². The average Bonchev–Trinajstić information content (AvgIpc) is 4.43. The summed E-state index contributed by atoms with van der Waals surface area (Å²) in [4.78, 5) is 4.87. The molecule has 390 valence electrons. The van der Waals surface area contributed by atoms with Crippen molar-refractivity contribution in [1.82, 2.24) is 0 Å². The van der Waals surface area contributed by atoms with Crippen LogP contribution in [0.4, 0.5) is 34.1 Å². The maximum atomic E-state index is 6.74. The van der Waals surface area contributed by atoms with Crippen molar-refractivity contribution in [2.24, 2.45) is 0 Å². The van der Waals surface area contributed by atoms with Crippen molar-refractivity contribution in [2.75, 3.05) is 9.80 Å². The van der Waals surface area contributed by atoms with Crippen molar-refractivity contribution in [3.8, 4) is 33.4 Å². The zero-order valence-corrected chi connectivity index (χ0v) is 45.6. The molecule has 0 fully saturated rings. The second-order valence-corrected chi connectivity index (χ2v) is 21.7. The quantitative estimate of drug-likeness (QED) is 0.144. The molecule has 0 saturated heterocycles. The largest absolute Gasteiger partial charge is 0.456 e. The van der Waals surface area contributed by atoms with Crippen LogP contribution >= 0.6 is 0 Å². The molecule has 0 unspecified atom stereocenters. The van der Waals surface area contributed by atoms with Gasteiger partial charge in [0.05, 0.1) is 11.4 Å². The van der Waals surface area contributed by atoms with Crippen molar-refractivity contribution >= 4 is 122 Å². The summed E-state index contributed by atoms with van der Waals surface area (Å²) in [6, 6.07) is 86.4. The molecule has 0 aliphatic rings. The van der Waals surface area contributed by atoms with Gasteiger partial charge in [0, 0.05) is 88.1 Å². The summed E-state index contributed by atoms with van der Waals surface area (Å²) in [5.41, 5.74) is 24.2. The summed E-state index contributed by atoms with van der Waals surface area (Å²) >= 11 is 0. The monoisotopic (exact) mass is 1060 g/mol. The average molecular weight is 1060 g/mol. The second kappa shape index (κ2) is 18.5. The van der Waals surface area contributed by atoms with Gasteiger partial charge in [0.15, 0.2) is 0 Å². The molecule has 6 heteroatoms. The molecule has 0 amide bonds. The number of furan rings is 4. The topological polar surface area (TPSA) is 59.0 Å². The Kier molecular flexibility index (Phi) is 10.7. The first-order valence-electron chi connectivity index (χ1n) is 28.0. The smallest absolute Gasteiger partial charge is 0.143 e. The number of hydrogen-bond acceptors (Lipinski definition) is 6. The molecule has 0 atom stereocenters. The molecular formula is C76H52N2O4. The van der Waals surface area contributed by atoms with E-state index in [1.54, 1.807) is 0 Å². The van der Waals surface area contributed by atoms with Crippen LogP contribution < -0.4 is 9.80 Å². The molecule has 0 radical (unpaired) electrons. The normalized spacial score (nSPS) is 11.9. The molecule has 16 aromatic rings. The van der Waals surface area contributed by atoms with Crippen LogP contribution in [0.5, 0.6) is 0 Å². The van der Waals surface area contributed by atoms with Crippen LogP contribution in [0.1, 0.15) is 22.3 Å². The Balaban J connectivity index is 0.854. The predicted octanol–water partition coefficient (Wildman–Crippen LogP) is 22.5. The van der Waals surface area contributed by atoms with Gasteiger partial charge in [-0.2, -0.15) is 0 Å². The van der Waals surface area contributed by atoms with Crippen molar-refractivity contribution in [1.29, 1.82) is 0 Å². The van der Waals surface area contributed by atoms with E-state index in [1.165, 1.54) is 0 Å². The summed E-state index contributed by atoms with van der Waals surface area (Å²) in [6.45, 7) is 8.89. The molecule has 4 aromatic heterocycles. The number of anilines is 6. The van der Waals surface area contributed by atoms with Gasteiger partial charge in [0.1, 0.15) is 44.7 Å². The number of benzene rings is 12. The number of hydrogen-bond donors (Lipinski definition) is 0. The zero-order chi connectivity index (χ0) is 54.7. The van der Waals surface area contributed by atoms with E-state index in [0.717, 1.165) is 178 Å². The summed E-state index contributed by atoms with van der Waals surface area (Å²) in [7, 11) is 0. The van der Waals surface area contributed by atoms with Crippen molar-refractivity contribution < 1.29 is 17.7 Å². The lowest BCUT2D eigenvalue weighted by Gasteiger charge is -2.31. The van der Waals surface area contributed by atoms with Crippen LogP contribution in [-0.4, -0.2) is 0 Å². The van der Waals surface area contributed by atoms with E-state index in [4.69, 9.17) is 17.7 Å². The molecule has 16 rings (SSSR count). The Morgan fingerprint density at radius 3 is 1.00 bits per heavy atom. The first kappa shape index (κ1) is 47.4. The van der Waals surface area contributed by atoms with Gasteiger partial charge in [0.25, 0.3) is 0 Å².